The smallest absolute Gasteiger partial charge is 0.0456 e. The van der Waals surface area contributed by atoms with Crippen LogP contribution in [0.2, 0.25) is 5.02 Å². The fourth-order valence-electron chi connectivity index (χ4n) is 1.95. The molecule has 0 aliphatic heterocycles. The normalized spacial score (nSPS) is 14.3. The summed E-state index contributed by atoms with van der Waals surface area (Å²) in [5.41, 5.74) is 7.95. The quantitative estimate of drug-likeness (QED) is 0.904. The van der Waals surface area contributed by atoms with E-state index in [9.17, 15) is 0 Å². The van der Waals surface area contributed by atoms with Crippen LogP contribution in [0.15, 0.2) is 48.8 Å². The van der Waals surface area contributed by atoms with Gasteiger partial charge in [0.1, 0.15) is 0 Å². The van der Waals surface area contributed by atoms with E-state index in [4.69, 9.17) is 17.3 Å². The Morgan fingerprint density at radius 2 is 2.00 bits per heavy atom. The number of nitrogens with two attached hydrogens (primary N) is 1. The predicted octanol–water partition coefficient (Wildman–Crippen LogP) is 3.15. The topological polar surface area (TPSA) is 38.9 Å². The Morgan fingerprint density at radius 3 is 2.65 bits per heavy atom. The zero-order chi connectivity index (χ0) is 12.3. The molecule has 88 valence electrons. The van der Waals surface area contributed by atoms with Crippen molar-refractivity contribution in [1.29, 1.82) is 0 Å². The van der Waals surface area contributed by atoms with Gasteiger partial charge in [-0.3, -0.25) is 4.98 Å². The lowest BCUT2D eigenvalue weighted by Gasteiger charge is -2.26. The van der Waals surface area contributed by atoms with Gasteiger partial charge in [-0.05, 0) is 36.6 Å². The van der Waals surface area contributed by atoms with E-state index in [1.54, 1.807) is 6.20 Å². The Balaban J connectivity index is 2.28. The first-order valence-corrected chi connectivity index (χ1v) is 5.90. The number of pyridine rings is 1. The van der Waals surface area contributed by atoms with Gasteiger partial charge >= 0.3 is 0 Å². The molecule has 3 heteroatoms. The third kappa shape index (κ3) is 2.84. The second-order valence-electron chi connectivity index (χ2n) is 4.44. The van der Waals surface area contributed by atoms with E-state index < -0.39 is 5.54 Å². The lowest BCUT2D eigenvalue weighted by molar-refractivity contribution is 0.491. The molecule has 2 aromatic rings. The number of nitrogens with zero attached hydrogens (tertiary/aromatic N) is 1. The van der Waals surface area contributed by atoms with E-state index in [-0.39, 0.29) is 0 Å². The third-order valence-electron chi connectivity index (χ3n) is 2.78. The van der Waals surface area contributed by atoms with Gasteiger partial charge < -0.3 is 5.73 Å². The molecule has 1 heterocycles. The van der Waals surface area contributed by atoms with Crippen molar-refractivity contribution < 1.29 is 0 Å². The van der Waals surface area contributed by atoms with E-state index in [1.807, 2.05) is 49.5 Å². The molecular weight excluding hydrogens is 232 g/mol. The van der Waals surface area contributed by atoms with Crippen LogP contribution in [0.5, 0.6) is 0 Å². The zero-order valence-electron chi connectivity index (χ0n) is 9.73. The number of benzene rings is 1. The van der Waals surface area contributed by atoms with Crippen LogP contribution in [-0.2, 0) is 12.0 Å². The van der Waals surface area contributed by atoms with Gasteiger partial charge in [-0.25, -0.2) is 0 Å². The Bertz CT molecular complexity index is 495. The summed E-state index contributed by atoms with van der Waals surface area (Å²) in [6.45, 7) is 1.99. The van der Waals surface area contributed by atoms with Crippen LogP contribution in [0, 0.1) is 0 Å². The molecule has 0 aliphatic rings. The van der Waals surface area contributed by atoms with Crippen LogP contribution >= 0.6 is 11.6 Å². The molecule has 0 saturated carbocycles. The first-order chi connectivity index (χ1) is 8.09. The van der Waals surface area contributed by atoms with E-state index in [0.717, 1.165) is 11.1 Å². The van der Waals surface area contributed by atoms with Crippen molar-refractivity contribution in [3.8, 4) is 0 Å². The van der Waals surface area contributed by atoms with Crippen molar-refractivity contribution in [3.63, 3.8) is 0 Å². The summed E-state index contributed by atoms with van der Waals surface area (Å²) in [5.74, 6) is 0. The molecule has 0 spiro atoms. The van der Waals surface area contributed by atoms with Gasteiger partial charge in [0.05, 0.1) is 0 Å². The van der Waals surface area contributed by atoms with Crippen molar-refractivity contribution in [2.75, 3.05) is 0 Å². The maximum absolute atomic E-state index is 6.36. The Hall–Kier alpha value is -1.38. The lowest BCUT2D eigenvalue weighted by atomic mass is 9.87. The highest BCUT2D eigenvalue weighted by Gasteiger charge is 2.23. The van der Waals surface area contributed by atoms with Gasteiger partial charge in [-0.2, -0.15) is 0 Å². The maximum atomic E-state index is 6.36. The Kier molecular flexibility index (Phi) is 3.46. The SMILES string of the molecule is CC(N)(Cc1cccnc1)c1ccccc1Cl. The summed E-state index contributed by atoms with van der Waals surface area (Å²) in [4.78, 5) is 4.10. The van der Waals surface area contributed by atoms with Gasteiger partial charge in [0.25, 0.3) is 0 Å². The van der Waals surface area contributed by atoms with E-state index in [1.165, 1.54) is 0 Å². The summed E-state index contributed by atoms with van der Waals surface area (Å²) < 4.78 is 0. The molecule has 2 nitrogen and oxygen atoms in total. The molecule has 0 radical (unpaired) electrons. The van der Waals surface area contributed by atoms with Crippen molar-refractivity contribution in [3.05, 3.63) is 64.9 Å². The van der Waals surface area contributed by atoms with Crippen LogP contribution in [0.1, 0.15) is 18.1 Å². The second-order valence-corrected chi connectivity index (χ2v) is 4.84. The standard InChI is InChI=1S/C14H15ClN2/c1-14(16,9-11-5-4-8-17-10-11)12-6-2-3-7-13(12)15/h2-8,10H,9,16H2,1H3. The minimum atomic E-state index is -0.485. The highest BCUT2D eigenvalue weighted by molar-refractivity contribution is 6.31. The number of rotatable bonds is 3. The minimum absolute atomic E-state index is 0.485. The number of hydrogen-bond donors (Lipinski definition) is 1. The molecule has 2 N–H and O–H groups in total. The molecule has 1 aromatic carbocycles. The summed E-state index contributed by atoms with van der Waals surface area (Å²) in [5, 5.41) is 0.710. The number of halogens is 1. The fourth-order valence-corrected chi connectivity index (χ4v) is 2.30. The van der Waals surface area contributed by atoms with Crippen LogP contribution in [0.25, 0.3) is 0 Å². The van der Waals surface area contributed by atoms with Crippen molar-refractivity contribution in [2.24, 2.45) is 5.73 Å². The summed E-state index contributed by atoms with van der Waals surface area (Å²) in [6.07, 6.45) is 4.30. The van der Waals surface area contributed by atoms with E-state index in [2.05, 4.69) is 4.98 Å². The molecule has 0 fully saturated rings. The van der Waals surface area contributed by atoms with Crippen molar-refractivity contribution in [1.82, 2.24) is 4.98 Å². The minimum Gasteiger partial charge on any atom is -0.321 e. The summed E-state index contributed by atoms with van der Waals surface area (Å²) in [6, 6.07) is 11.6. The number of hydrogen-bond acceptors (Lipinski definition) is 2. The van der Waals surface area contributed by atoms with E-state index in [0.29, 0.717) is 11.4 Å². The van der Waals surface area contributed by atoms with Crippen LogP contribution in [-0.4, -0.2) is 4.98 Å². The van der Waals surface area contributed by atoms with Gasteiger partial charge in [0.15, 0.2) is 0 Å². The predicted molar refractivity (Wildman–Crippen MR) is 70.9 cm³/mol. The first kappa shape index (κ1) is 12.1. The summed E-state index contributed by atoms with van der Waals surface area (Å²) in [7, 11) is 0. The molecule has 2 rings (SSSR count). The van der Waals surface area contributed by atoms with Crippen LogP contribution in [0.4, 0.5) is 0 Å². The lowest BCUT2D eigenvalue weighted by Crippen LogP contribution is -2.35. The molecule has 0 bridgehead atoms. The van der Waals surface area contributed by atoms with Gasteiger partial charge in [-0.15, -0.1) is 0 Å². The van der Waals surface area contributed by atoms with Crippen LogP contribution in [0.3, 0.4) is 0 Å². The van der Waals surface area contributed by atoms with Gasteiger partial charge in [0, 0.05) is 23.0 Å². The van der Waals surface area contributed by atoms with Gasteiger partial charge in [-0.1, -0.05) is 35.9 Å². The Morgan fingerprint density at radius 1 is 1.24 bits per heavy atom. The zero-order valence-corrected chi connectivity index (χ0v) is 10.5. The van der Waals surface area contributed by atoms with E-state index >= 15 is 0 Å². The average molecular weight is 247 g/mol. The molecule has 17 heavy (non-hydrogen) atoms. The molecular formula is C14H15ClN2. The van der Waals surface area contributed by atoms with Crippen molar-refractivity contribution in [2.45, 2.75) is 18.9 Å². The molecule has 0 aliphatic carbocycles. The summed E-state index contributed by atoms with van der Waals surface area (Å²) >= 11 is 6.18. The van der Waals surface area contributed by atoms with Gasteiger partial charge in [0.2, 0.25) is 0 Å². The highest BCUT2D eigenvalue weighted by Crippen LogP contribution is 2.28. The van der Waals surface area contributed by atoms with Crippen molar-refractivity contribution >= 4 is 11.6 Å². The first-order valence-electron chi connectivity index (χ1n) is 5.52. The monoisotopic (exact) mass is 246 g/mol. The second kappa shape index (κ2) is 4.86. The fraction of sp³-hybridized carbons (Fsp3) is 0.214. The third-order valence-corrected chi connectivity index (χ3v) is 3.11. The Labute approximate surface area is 106 Å². The highest BCUT2D eigenvalue weighted by atomic mass is 35.5. The molecule has 0 amide bonds. The molecule has 1 atom stereocenters. The van der Waals surface area contributed by atoms with Crippen LogP contribution < -0.4 is 5.73 Å². The largest absolute Gasteiger partial charge is 0.321 e. The molecule has 1 unspecified atom stereocenters. The number of aromatic nitrogens is 1. The maximum Gasteiger partial charge on any atom is 0.0456 e. The molecule has 0 saturated heterocycles. The molecule has 1 aromatic heterocycles. The average Bonchev–Trinajstić information content (AvgIpc) is 2.30.